The second kappa shape index (κ2) is 11.7. The Morgan fingerprint density at radius 1 is 0.407 bits per heavy atom. The third-order valence-corrected chi connectivity index (χ3v) is 11.5. The first kappa shape index (κ1) is 26.1. The molecule has 0 fully saturated rings. The minimum Gasteiger partial charge on any atom is -0.456 e. The molecule has 1 aliphatic heterocycles. The third kappa shape index (κ3) is 4.72. The van der Waals surface area contributed by atoms with E-state index in [-0.39, 0.29) is 35.1 Å². The largest absolute Gasteiger partial charge is 0.456 e. The van der Waals surface area contributed by atoms with E-state index in [9.17, 15) is 0 Å². The van der Waals surface area contributed by atoms with Gasteiger partial charge in [-0.25, -0.2) is 0 Å². The van der Waals surface area contributed by atoms with Gasteiger partial charge in [0.2, 0.25) is 0 Å². The minimum atomic E-state index is -0.410. The van der Waals surface area contributed by atoms with Crippen LogP contribution in [0.15, 0.2) is 182 Å². The van der Waals surface area contributed by atoms with Gasteiger partial charge in [-0.15, -0.1) is 0 Å². The van der Waals surface area contributed by atoms with Crippen molar-refractivity contribution in [2.24, 2.45) is 0 Å². The zero-order chi connectivity index (χ0) is 40.3. The van der Waals surface area contributed by atoms with Crippen molar-refractivity contribution in [2.75, 3.05) is 0 Å². The Bertz CT molecular complexity index is 3250. The molecule has 0 aromatic heterocycles. The van der Waals surface area contributed by atoms with E-state index < -0.39 is 6.04 Å². The van der Waals surface area contributed by atoms with Gasteiger partial charge in [-0.1, -0.05) is 141 Å². The minimum absolute atomic E-state index is 0.174. The molecule has 0 radical (unpaired) electrons. The van der Waals surface area contributed by atoms with Crippen molar-refractivity contribution in [1.82, 2.24) is 0 Å². The first-order valence-electron chi connectivity index (χ1n) is 20.9. The Labute approximate surface area is 322 Å². The summed E-state index contributed by atoms with van der Waals surface area (Å²) >= 11 is 0. The maximum atomic E-state index is 8.99. The van der Waals surface area contributed by atoms with E-state index in [1.165, 1.54) is 33.0 Å². The van der Waals surface area contributed by atoms with E-state index in [0.29, 0.717) is 5.56 Å². The highest BCUT2D eigenvalue weighted by atomic mass is 16.5. The topological polar surface area (TPSA) is 9.23 Å². The predicted octanol–water partition coefficient (Wildman–Crippen LogP) is 14.7. The number of hydrogen-bond donors (Lipinski definition) is 0. The molecule has 0 saturated carbocycles. The maximum absolute atomic E-state index is 8.99. The van der Waals surface area contributed by atoms with Crippen LogP contribution in [0.2, 0.25) is 0 Å². The zero-order valence-electron chi connectivity index (χ0n) is 34.8. The van der Waals surface area contributed by atoms with Gasteiger partial charge in [0.05, 0.1) is 6.85 Å². The number of fused-ring (bicyclic) bond motifs is 6. The van der Waals surface area contributed by atoms with Crippen molar-refractivity contribution in [3.8, 4) is 78.3 Å². The van der Waals surface area contributed by atoms with E-state index in [1.54, 1.807) is 0 Å². The van der Waals surface area contributed by atoms with Crippen molar-refractivity contribution in [2.45, 2.75) is 19.3 Å². The van der Waals surface area contributed by atoms with Crippen LogP contribution < -0.4 is 4.74 Å². The van der Waals surface area contributed by atoms with E-state index in [4.69, 9.17) is 11.6 Å². The lowest BCUT2D eigenvalue weighted by molar-refractivity contribution is 0.487. The second-order valence-electron chi connectivity index (χ2n) is 14.9. The summed E-state index contributed by atoms with van der Waals surface area (Å²) in [6, 6.07) is 51.4. The molecule has 254 valence electrons. The quantitative estimate of drug-likeness (QED) is 0.178. The highest BCUT2D eigenvalue weighted by Crippen LogP contribution is 2.52. The lowest BCUT2D eigenvalue weighted by Crippen LogP contribution is -2.15. The fraction of sp³-hybridized carbons (Fsp3) is 0.0566. The van der Waals surface area contributed by atoms with Crippen LogP contribution in [0.4, 0.5) is 0 Å². The Morgan fingerprint density at radius 2 is 1.07 bits per heavy atom. The van der Waals surface area contributed by atoms with Crippen LogP contribution in [0.1, 0.15) is 31.8 Å². The van der Waals surface area contributed by atoms with Crippen molar-refractivity contribution in [1.29, 1.82) is 0 Å². The summed E-state index contributed by atoms with van der Waals surface area (Å²) in [7, 11) is 0. The summed E-state index contributed by atoms with van der Waals surface area (Å²) in [6.07, 6.45) is 0. The van der Waals surface area contributed by atoms with Crippen LogP contribution >= 0.6 is 0 Å². The second-order valence-corrected chi connectivity index (χ2v) is 14.9. The molecular formula is C53H36O. The monoisotopic (exact) mass is 693 g/mol. The predicted molar refractivity (Wildman–Crippen MR) is 226 cm³/mol. The summed E-state index contributed by atoms with van der Waals surface area (Å²) in [5.74, 6) is 1.58. The number of benzene rings is 9. The molecule has 2 aliphatic rings. The van der Waals surface area contributed by atoms with Gasteiger partial charge in [0, 0.05) is 16.4 Å². The van der Waals surface area contributed by atoms with E-state index in [0.717, 1.165) is 66.8 Å². The molecule has 0 amide bonds. The Morgan fingerprint density at radius 3 is 1.91 bits per heavy atom. The molecule has 9 aromatic carbocycles. The lowest BCUT2D eigenvalue weighted by atomic mass is 9.81. The van der Waals surface area contributed by atoms with Crippen molar-refractivity contribution >= 4 is 21.5 Å². The molecule has 0 saturated heterocycles. The number of rotatable bonds is 4. The number of ether oxygens (including phenoxy) is 1. The Kier molecular flexibility index (Phi) is 5.64. The van der Waals surface area contributed by atoms with Crippen molar-refractivity contribution in [3.05, 3.63) is 193 Å². The lowest BCUT2D eigenvalue weighted by Gasteiger charge is -2.24. The van der Waals surface area contributed by atoms with E-state index in [2.05, 4.69) is 123 Å². The Hall–Kier alpha value is -6.70. The average Bonchev–Trinajstić information content (AvgIpc) is 3.48. The standard InChI is InChI=1S/C53H36O/c1-53(2)48-32-38(20-22-43(48)46-29-35-16-9-10-17-36(35)31-49(46)53)40-26-39(34-14-7-4-8-15-34)27-41(28-40)42-23-25-51-52-44(42)18-11-19-45(52)47-30-37(21-24-50(47)54-51)33-12-5-3-6-13-33/h3-32H,1-2H3/i4D,7D,8D,14D,15D. The van der Waals surface area contributed by atoms with Gasteiger partial charge in [0.15, 0.2) is 0 Å². The molecule has 1 nitrogen and oxygen atoms in total. The van der Waals surface area contributed by atoms with Gasteiger partial charge in [-0.2, -0.15) is 0 Å². The van der Waals surface area contributed by atoms with Gasteiger partial charge in [-0.3, -0.25) is 0 Å². The molecule has 1 heterocycles. The molecule has 54 heavy (non-hydrogen) atoms. The first-order chi connectivity index (χ1) is 28.6. The van der Waals surface area contributed by atoms with Gasteiger partial charge < -0.3 is 4.74 Å². The summed E-state index contributed by atoms with van der Waals surface area (Å²) in [6.45, 7) is 4.56. The SMILES string of the molecule is [2H]c1c([2H])c([2H])c(-c2cc(-c3ccc4c(c3)C(C)(C)c3cc5ccccc5cc3-4)cc(-c3ccc4c5c(cccc35)-c3cc(-c5ccccc5)ccc3O4)c2)c([2H])c1[2H]. The highest BCUT2D eigenvalue weighted by molar-refractivity contribution is 6.10. The van der Waals surface area contributed by atoms with Crippen LogP contribution in [0.25, 0.3) is 88.3 Å². The molecule has 0 spiro atoms. The van der Waals surface area contributed by atoms with Gasteiger partial charge in [0.25, 0.3) is 0 Å². The summed E-state index contributed by atoms with van der Waals surface area (Å²) < 4.78 is 50.0. The van der Waals surface area contributed by atoms with Crippen molar-refractivity contribution in [3.63, 3.8) is 0 Å². The molecule has 0 bridgehead atoms. The molecule has 1 heteroatoms. The summed E-state index contributed by atoms with van der Waals surface area (Å²) in [5.41, 5.74) is 13.5. The number of hydrogen-bond acceptors (Lipinski definition) is 1. The smallest absolute Gasteiger partial charge is 0.135 e. The molecule has 11 rings (SSSR count). The molecule has 1 aliphatic carbocycles. The molecule has 9 aromatic rings. The van der Waals surface area contributed by atoms with Gasteiger partial charge in [0.1, 0.15) is 11.5 Å². The average molecular weight is 694 g/mol. The fourth-order valence-corrected chi connectivity index (χ4v) is 8.78. The Balaban J connectivity index is 1.12. The molecule has 0 atom stereocenters. The maximum Gasteiger partial charge on any atom is 0.135 e. The van der Waals surface area contributed by atoms with Crippen LogP contribution in [0.3, 0.4) is 0 Å². The highest BCUT2D eigenvalue weighted by Gasteiger charge is 2.36. The van der Waals surface area contributed by atoms with Crippen molar-refractivity contribution < 1.29 is 11.6 Å². The summed E-state index contributed by atoms with van der Waals surface area (Å²) in [5, 5.41) is 4.43. The van der Waals surface area contributed by atoms with Gasteiger partial charge in [-0.05, 0) is 143 Å². The summed E-state index contributed by atoms with van der Waals surface area (Å²) in [4.78, 5) is 0. The molecular weight excluding hydrogens is 653 g/mol. The van der Waals surface area contributed by atoms with Crippen LogP contribution in [-0.4, -0.2) is 0 Å². The van der Waals surface area contributed by atoms with E-state index >= 15 is 0 Å². The third-order valence-electron chi connectivity index (χ3n) is 11.5. The van der Waals surface area contributed by atoms with Crippen LogP contribution in [-0.2, 0) is 5.41 Å². The zero-order valence-corrected chi connectivity index (χ0v) is 29.8. The first-order valence-corrected chi connectivity index (χ1v) is 18.4. The van der Waals surface area contributed by atoms with E-state index in [1.807, 2.05) is 42.5 Å². The normalized spacial score (nSPS) is 14.6. The fourth-order valence-electron chi connectivity index (χ4n) is 8.78. The van der Waals surface area contributed by atoms with Crippen LogP contribution in [0, 0.1) is 0 Å². The molecule has 0 unspecified atom stereocenters. The van der Waals surface area contributed by atoms with Crippen LogP contribution in [0.5, 0.6) is 11.5 Å². The molecule has 0 N–H and O–H groups in total. The van der Waals surface area contributed by atoms with Gasteiger partial charge >= 0.3 is 0 Å².